The Morgan fingerprint density at radius 3 is 2.29 bits per heavy atom. The Labute approximate surface area is 145 Å². The highest BCUT2D eigenvalue weighted by molar-refractivity contribution is 5.83. The van der Waals surface area contributed by atoms with Crippen molar-refractivity contribution >= 4 is 17.5 Å². The van der Waals surface area contributed by atoms with Crippen LogP contribution in [-0.4, -0.2) is 36.2 Å². The minimum Gasteiger partial charge on any atom is -0.443 e. The van der Waals surface area contributed by atoms with Crippen molar-refractivity contribution in [2.75, 3.05) is 24.5 Å². The third-order valence-corrected chi connectivity index (χ3v) is 4.46. The van der Waals surface area contributed by atoms with E-state index in [2.05, 4.69) is 35.2 Å². The Hall–Kier alpha value is -1.97. The van der Waals surface area contributed by atoms with Crippen LogP contribution in [0.2, 0.25) is 0 Å². The second-order valence-electron chi connectivity index (χ2n) is 7.60. The Morgan fingerprint density at radius 2 is 1.67 bits per heavy atom. The quantitative estimate of drug-likeness (QED) is 0.791. The van der Waals surface area contributed by atoms with Crippen LogP contribution in [0.4, 0.5) is 10.5 Å². The molecule has 0 radical (unpaired) electrons. The summed E-state index contributed by atoms with van der Waals surface area (Å²) in [5.41, 5.74) is 2.86. The van der Waals surface area contributed by atoms with Gasteiger partial charge in [0, 0.05) is 25.3 Å². The van der Waals surface area contributed by atoms with E-state index in [-0.39, 0.29) is 6.09 Å². The summed E-state index contributed by atoms with van der Waals surface area (Å²) in [6.07, 6.45) is 6.44. The number of amides is 1. The Morgan fingerprint density at radius 1 is 1.00 bits per heavy atom. The molecule has 3 rings (SSSR count). The third kappa shape index (κ3) is 3.92. The first-order valence-corrected chi connectivity index (χ1v) is 9.00. The molecule has 1 aromatic carbocycles. The highest BCUT2D eigenvalue weighted by Crippen LogP contribution is 2.29. The van der Waals surface area contributed by atoms with Gasteiger partial charge in [-0.05, 0) is 64.2 Å². The smallest absolute Gasteiger partial charge is 0.414 e. The van der Waals surface area contributed by atoms with Crippen molar-refractivity contribution in [1.82, 2.24) is 4.90 Å². The summed E-state index contributed by atoms with van der Waals surface area (Å²) in [6, 6.07) is 8.59. The maximum absolute atomic E-state index is 12.5. The molecule has 0 saturated carbocycles. The van der Waals surface area contributed by atoms with Gasteiger partial charge in [-0.2, -0.15) is 0 Å². The van der Waals surface area contributed by atoms with Crippen molar-refractivity contribution in [3.05, 3.63) is 35.9 Å². The Bertz CT molecular complexity index is 608. The summed E-state index contributed by atoms with van der Waals surface area (Å²) >= 11 is 0. The SMILES string of the molecule is CC(C)(C)OC(=O)N1CCCC=C1c1ccc(N2CCCC2)cc1. The van der Waals surface area contributed by atoms with E-state index in [0.717, 1.165) is 37.2 Å². The zero-order valence-corrected chi connectivity index (χ0v) is 15.0. The summed E-state index contributed by atoms with van der Waals surface area (Å²) in [7, 11) is 0. The van der Waals surface area contributed by atoms with Gasteiger partial charge in [0.05, 0.1) is 5.70 Å². The number of hydrogen-bond acceptors (Lipinski definition) is 3. The minimum atomic E-state index is -0.473. The van der Waals surface area contributed by atoms with E-state index in [0.29, 0.717) is 6.54 Å². The molecule has 4 nitrogen and oxygen atoms in total. The fourth-order valence-corrected chi connectivity index (χ4v) is 3.32. The van der Waals surface area contributed by atoms with E-state index in [9.17, 15) is 4.79 Å². The van der Waals surface area contributed by atoms with E-state index in [1.165, 1.54) is 18.5 Å². The van der Waals surface area contributed by atoms with Gasteiger partial charge in [0.15, 0.2) is 0 Å². The maximum Gasteiger partial charge on any atom is 0.414 e. The summed E-state index contributed by atoms with van der Waals surface area (Å²) in [5.74, 6) is 0. The molecule has 0 unspecified atom stereocenters. The molecule has 0 aromatic heterocycles. The topological polar surface area (TPSA) is 32.8 Å². The number of rotatable bonds is 2. The lowest BCUT2D eigenvalue weighted by atomic mass is 10.0. The van der Waals surface area contributed by atoms with Crippen LogP contribution >= 0.6 is 0 Å². The average Bonchev–Trinajstić information content (AvgIpc) is 3.08. The zero-order valence-electron chi connectivity index (χ0n) is 15.0. The zero-order chi connectivity index (χ0) is 17.2. The predicted octanol–water partition coefficient (Wildman–Crippen LogP) is 4.66. The highest BCUT2D eigenvalue weighted by atomic mass is 16.6. The van der Waals surface area contributed by atoms with Crippen LogP contribution in [0.5, 0.6) is 0 Å². The number of benzene rings is 1. The number of carbonyl (C=O) groups is 1. The Kier molecular flexibility index (Phi) is 4.83. The van der Waals surface area contributed by atoms with Gasteiger partial charge in [-0.25, -0.2) is 4.79 Å². The second-order valence-corrected chi connectivity index (χ2v) is 7.60. The van der Waals surface area contributed by atoms with Crippen LogP contribution in [0.3, 0.4) is 0 Å². The van der Waals surface area contributed by atoms with Crippen molar-refractivity contribution in [3.8, 4) is 0 Å². The molecule has 4 heteroatoms. The molecule has 24 heavy (non-hydrogen) atoms. The van der Waals surface area contributed by atoms with Gasteiger partial charge in [-0.15, -0.1) is 0 Å². The largest absolute Gasteiger partial charge is 0.443 e. The van der Waals surface area contributed by atoms with Gasteiger partial charge >= 0.3 is 6.09 Å². The number of nitrogens with zero attached hydrogens (tertiary/aromatic N) is 2. The van der Waals surface area contributed by atoms with Gasteiger partial charge in [0.25, 0.3) is 0 Å². The molecule has 1 saturated heterocycles. The highest BCUT2D eigenvalue weighted by Gasteiger charge is 2.27. The summed E-state index contributed by atoms with van der Waals surface area (Å²) in [5, 5.41) is 0. The minimum absolute atomic E-state index is 0.253. The fourth-order valence-electron chi connectivity index (χ4n) is 3.32. The Balaban J connectivity index is 1.78. The third-order valence-electron chi connectivity index (χ3n) is 4.46. The molecule has 0 aliphatic carbocycles. The van der Waals surface area contributed by atoms with Crippen molar-refractivity contribution in [2.24, 2.45) is 0 Å². The first-order chi connectivity index (χ1) is 11.4. The van der Waals surface area contributed by atoms with E-state index in [1.807, 2.05) is 20.8 Å². The van der Waals surface area contributed by atoms with E-state index in [1.54, 1.807) is 4.90 Å². The normalized spacial score (nSPS) is 18.5. The maximum atomic E-state index is 12.5. The monoisotopic (exact) mass is 328 g/mol. The molecule has 2 aliphatic rings. The fraction of sp³-hybridized carbons (Fsp3) is 0.550. The molecule has 0 atom stereocenters. The van der Waals surface area contributed by atoms with Crippen LogP contribution in [0, 0.1) is 0 Å². The number of carbonyl (C=O) groups excluding carboxylic acids is 1. The van der Waals surface area contributed by atoms with Crippen molar-refractivity contribution < 1.29 is 9.53 Å². The molecule has 2 aliphatic heterocycles. The molecule has 2 heterocycles. The number of anilines is 1. The molecule has 0 bridgehead atoms. The van der Waals surface area contributed by atoms with Gasteiger partial charge < -0.3 is 9.64 Å². The van der Waals surface area contributed by atoms with Crippen LogP contribution in [0.25, 0.3) is 5.70 Å². The van der Waals surface area contributed by atoms with Gasteiger partial charge in [0.2, 0.25) is 0 Å². The lowest BCUT2D eigenvalue weighted by Gasteiger charge is -2.31. The molecular weight excluding hydrogens is 300 g/mol. The van der Waals surface area contributed by atoms with Crippen molar-refractivity contribution in [1.29, 1.82) is 0 Å². The number of allylic oxidation sites excluding steroid dienone is 1. The lowest BCUT2D eigenvalue weighted by molar-refractivity contribution is 0.0347. The number of ether oxygens (including phenoxy) is 1. The van der Waals surface area contributed by atoms with Crippen molar-refractivity contribution in [2.45, 2.75) is 52.1 Å². The van der Waals surface area contributed by atoms with E-state index >= 15 is 0 Å². The molecule has 0 spiro atoms. The average molecular weight is 328 g/mol. The first-order valence-electron chi connectivity index (χ1n) is 9.00. The van der Waals surface area contributed by atoms with E-state index < -0.39 is 5.60 Å². The molecule has 1 fully saturated rings. The molecule has 130 valence electrons. The molecule has 1 aromatic rings. The van der Waals surface area contributed by atoms with Crippen LogP contribution in [0.1, 0.15) is 52.0 Å². The molecule has 0 N–H and O–H groups in total. The molecule has 1 amide bonds. The number of hydrogen-bond donors (Lipinski definition) is 0. The van der Waals surface area contributed by atoms with E-state index in [4.69, 9.17) is 4.74 Å². The van der Waals surface area contributed by atoms with Gasteiger partial charge in [-0.1, -0.05) is 18.2 Å². The first kappa shape index (κ1) is 16.9. The van der Waals surface area contributed by atoms with Crippen LogP contribution < -0.4 is 4.90 Å². The summed E-state index contributed by atoms with van der Waals surface area (Å²) in [6.45, 7) is 8.72. The standard InChI is InChI=1S/C20H28N2O2/c1-20(2,3)24-19(23)22-15-5-4-8-18(22)16-9-11-17(12-10-16)21-13-6-7-14-21/h8-12H,4-7,13-15H2,1-3H3. The van der Waals surface area contributed by atoms with Gasteiger partial charge in [0.1, 0.15) is 5.60 Å². The van der Waals surface area contributed by atoms with Crippen LogP contribution in [-0.2, 0) is 4.74 Å². The van der Waals surface area contributed by atoms with Crippen molar-refractivity contribution in [3.63, 3.8) is 0 Å². The van der Waals surface area contributed by atoms with Crippen LogP contribution in [0.15, 0.2) is 30.3 Å². The molecular formula is C20H28N2O2. The predicted molar refractivity (Wildman–Crippen MR) is 98.0 cm³/mol. The summed E-state index contributed by atoms with van der Waals surface area (Å²) < 4.78 is 5.57. The second kappa shape index (κ2) is 6.88. The lowest BCUT2D eigenvalue weighted by Crippen LogP contribution is -2.37. The van der Waals surface area contributed by atoms with Gasteiger partial charge in [-0.3, -0.25) is 4.90 Å². The summed E-state index contributed by atoms with van der Waals surface area (Å²) in [4.78, 5) is 16.7.